The third-order valence-electron chi connectivity index (χ3n) is 5.15. The van der Waals surface area contributed by atoms with Crippen molar-refractivity contribution in [1.82, 2.24) is 0 Å². The van der Waals surface area contributed by atoms with Crippen LogP contribution in [-0.4, -0.2) is 30.4 Å². The Balaban J connectivity index is 1.51. The molecule has 0 bridgehead atoms. The SMILES string of the molecule is CCOC(=O)c1ccccc1N1C(=O)C(Cl)=C(Nc2ccc(C(=O)Oc3ccc(Cl)cc3Cl)cc2)C1=O. The number of carbonyl (C=O) groups excluding carboxylic acids is 4. The number of ether oxygens (including phenoxy) is 2. The lowest BCUT2D eigenvalue weighted by Gasteiger charge is -2.18. The molecular weight excluding hydrogens is 543 g/mol. The number of esters is 2. The fourth-order valence-corrected chi connectivity index (χ4v) is 4.09. The van der Waals surface area contributed by atoms with Gasteiger partial charge in [0, 0.05) is 10.7 Å². The fraction of sp³-hybridized carbons (Fsp3) is 0.0769. The Labute approximate surface area is 226 Å². The summed E-state index contributed by atoms with van der Waals surface area (Å²) in [4.78, 5) is 51.6. The highest BCUT2D eigenvalue weighted by Gasteiger charge is 2.40. The van der Waals surface area contributed by atoms with Gasteiger partial charge in [0.1, 0.15) is 16.5 Å². The quantitative estimate of drug-likeness (QED) is 0.221. The molecule has 11 heteroatoms. The van der Waals surface area contributed by atoms with Crippen molar-refractivity contribution in [3.05, 3.63) is 98.6 Å². The molecule has 1 N–H and O–H groups in total. The summed E-state index contributed by atoms with van der Waals surface area (Å²) in [6.45, 7) is 1.77. The summed E-state index contributed by atoms with van der Waals surface area (Å²) in [5, 5.41) is 3.03. The van der Waals surface area contributed by atoms with Gasteiger partial charge >= 0.3 is 11.9 Å². The maximum Gasteiger partial charge on any atom is 0.343 e. The summed E-state index contributed by atoms with van der Waals surface area (Å²) in [6.07, 6.45) is 0. The molecule has 0 spiro atoms. The van der Waals surface area contributed by atoms with Crippen molar-refractivity contribution in [1.29, 1.82) is 0 Å². The van der Waals surface area contributed by atoms with Gasteiger partial charge in [0.25, 0.3) is 11.8 Å². The number of anilines is 2. The van der Waals surface area contributed by atoms with Gasteiger partial charge in [0.05, 0.1) is 28.4 Å². The van der Waals surface area contributed by atoms with Crippen LogP contribution in [0.5, 0.6) is 5.75 Å². The Bertz CT molecular complexity index is 1450. The first-order chi connectivity index (χ1) is 17.7. The van der Waals surface area contributed by atoms with E-state index < -0.39 is 23.8 Å². The first-order valence-electron chi connectivity index (χ1n) is 10.8. The summed E-state index contributed by atoms with van der Waals surface area (Å²) in [5.41, 5.74) is 0.477. The number of para-hydroxylation sites is 1. The Morgan fingerprint density at radius 3 is 2.27 bits per heavy atom. The van der Waals surface area contributed by atoms with Crippen LogP contribution in [0.15, 0.2) is 77.5 Å². The van der Waals surface area contributed by atoms with E-state index in [2.05, 4.69) is 5.32 Å². The maximum absolute atomic E-state index is 13.2. The van der Waals surface area contributed by atoms with Crippen molar-refractivity contribution in [2.75, 3.05) is 16.8 Å². The van der Waals surface area contributed by atoms with Crippen LogP contribution < -0.4 is 15.0 Å². The molecule has 0 aromatic heterocycles. The largest absolute Gasteiger partial charge is 0.462 e. The average Bonchev–Trinajstić information content (AvgIpc) is 3.09. The highest BCUT2D eigenvalue weighted by atomic mass is 35.5. The van der Waals surface area contributed by atoms with Crippen LogP contribution in [0.4, 0.5) is 11.4 Å². The van der Waals surface area contributed by atoms with Crippen molar-refractivity contribution in [3.8, 4) is 5.75 Å². The summed E-state index contributed by atoms with van der Waals surface area (Å²) in [7, 11) is 0. The Morgan fingerprint density at radius 1 is 0.892 bits per heavy atom. The molecule has 188 valence electrons. The number of amides is 2. The van der Waals surface area contributed by atoms with Gasteiger partial charge in [-0.1, -0.05) is 46.9 Å². The standard InChI is InChI=1S/C26H17Cl3N2O6/c1-2-36-26(35)17-5-3-4-6-19(17)31-23(32)21(29)22(24(31)33)30-16-10-7-14(8-11-16)25(34)37-20-12-9-15(27)13-18(20)28/h3-13,30H,2H2,1H3. The topological polar surface area (TPSA) is 102 Å². The molecule has 0 radical (unpaired) electrons. The Kier molecular flexibility index (Phi) is 7.83. The monoisotopic (exact) mass is 558 g/mol. The highest BCUT2D eigenvalue weighted by molar-refractivity contribution is 6.53. The highest BCUT2D eigenvalue weighted by Crippen LogP contribution is 2.33. The van der Waals surface area contributed by atoms with Crippen LogP contribution in [0.2, 0.25) is 10.0 Å². The zero-order chi connectivity index (χ0) is 26.7. The number of halogens is 3. The second-order valence-electron chi connectivity index (χ2n) is 7.54. The molecule has 3 aromatic carbocycles. The summed E-state index contributed by atoms with van der Waals surface area (Å²) in [6, 6.07) is 16.4. The lowest BCUT2D eigenvalue weighted by molar-refractivity contribution is -0.120. The van der Waals surface area contributed by atoms with Gasteiger partial charge in [-0.25, -0.2) is 14.5 Å². The normalized spacial score (nSPS) is 13.1. The fourth-order valence-electron chi connectivity index (χ4n) is 3.43. The molecule has 1 aliphatic rings. The third kappa shape index (κ3) is 5.46. The van der Waals surface area contributed by atoms with Gasteiger partial charge < -0.3 is 14.8 Å². The molecular formula is C26H17Cl3N2O6. The van der Waals surface area contributed by atoms with Gasteiger partial charge in [-0.2, -0.15) is 0 Å². The van der Waals surface area contributed by atoms with Gasteiger partial charge in [-0.05, 0) is 61.5 Å². The van der Waals surface area contributed by atoms with Gasteiger partial charge in [0.2, 0.25) is 0 Å². The molecule has 4 rings (SSSR count). The van der Waals surface area contributed by atoms with Crippen molar-refractivity contribution in [3.63, 3.8) is 0 Å². The zero-order valence-electron chi connectivity index (χ0n) is 19.1. The number of nitrogens with one attached hydrogen (secondary N) is 1. The summed E-state index contributed by atoms with van der Waals surface area (Å²) < 4.78 is 10.3. The number of imide groups is 1. The molecule has 0 atom stereocenters. The molecule has 0 fully saturated rings. The predicted molar refractivity (Wildman–Crippen MR) is 139 cm³/mol. The molecule has 3 aromatic rings. The summed E-state index contributed by atoms with van der Waals surface area (Å²) >= 11 is 18.1. The van der Waals surface area contributed by atoms with Gasteiger partial charge in [-0.15, -0.1) is 0 Å². The van der Waals surface area contributed by atoms with E-state index in [-0.39, 0.29) is 44.9 Å². The average molecular weight is 560 g/mol. The first-order valence-corrected chi connectivity index (χ1v) is 11.9. The van der Waals surface area contributed by atoms with Crippen molar-refractivity contribution < 1.29 is 28.7 Å². The number of hydrogen-bond donors (Lipinski definition) is 1. The van der Waals surface area contributed by atoms with Crippen LogP contribution in [0.3, 0.4) is 0 Å². The van der Waals surface area contributed by atoms with E-state index in [1.807, 2.05) is 0 Å². The number of nitrogens with zero attached hydrogens (tertiary/aromatic N) is 1. The summed E-state index contributed by atoms with van der Waals surface area (Å²) in [5.74, 6) is -2.76. The first kappa shape index (κ1) is 26.2. The lowest BCUT2D eigenvalue weighted by atomic mass is 10.1. The van der Waals surface area contributed by atoms with Crippen LogP contribution in [0.25, 0.3) is 0 Å². The van der Waals surface area contributed by atoms with Gasteiger partial charge in [0.15, 0.2) is 0 Å². The smallest absolute Gasteiger partial charge is 0.343 e. The van der Waals surface area contributed by atoms with Crippen molar-refractivity contribution in [2.45, 2.75) is 6.92 Å². The molecule has 37 heavy (non-hydrogen) atoms. The maximum atomic E-state index is 13.2. The van der Waals surface area contributed by atoms with E-state index in [1.165, 1.54) is 54.6 Å². The number of rotatable bonds is 7. The molecule has 1 aliphatic heterocycles. The van der Waals surface area contributed by atoms with E-state index >= 15 is 0 Å². The second-order valence-corrected chi connectivity index (χ2v) is 8.76. The number of carbonyl (C=O) groups is 4. The molecule has 0 unspecified atom stereocenters. The zero-order valence-corrected chi connectivity index (χ0v) is 21.4. The van der Waals surface area contributed by atoms with Crippen LogP contribution >= 0.6 is 34.8 Å². The van der Waals surface area contributed by atoms with Crippen molar-refractivity contribution in [2.24, 2.45) is 0 Å². The molecule has 1 heterocycles. The van der Waals surface area contributed by atoms with E-state index in [4.69, 9.17) is 44.3 Å². The van der Waals surface area contributed by atoms with Crippen LogP contribution in [0, 0.1) is 0 Å². The molecule has 0 saturated heterocycles. The molecule has 2 amide bonds. The van der Waals surface area contributed by atoms with Gasteiger partial charge in [-0.3, -0.25) is 9.59 Å². The van der Waals surface area contributed by atoms with E-state index in [0.29, 0.717) is 10.7 Å². The Hall–Kier alpha value is -3.85. The van der Waals surface area contributed by atoms with Crippen LogP contribution in [0.1, 0.15) is 27.6 Å². The molecule has 0 aliphatic carbocycles. The third-order valence-corrected chi connectivity index (χ3v) is 6.04. The van der Waals surface area contributed by atoms with E-state index in [9.17, 15) is 19.2 Å². The molecule has 8 nitrogen and oxygen atoms in total. The lowest BCUT2D eigenvalue weighted by Crippen LogP contribution is -2.33. The molecule has 0 saturated carbocycles. The van der Waals surface area contributed by atoms with E-state index in [1.54, 1.807) is 19.1 Å². The van der Waals surface area contributed by atoms with E-state index in [0.717, 1.165) is 4.90 Å². The minimum absolute atomic E-state index is 0.0421. The minimum Gasteiger partial charge on any atom is -0.462 e. The minimum atomic E-state index is -0.800. The Morgan fingerprint density at radius 2 is 1.59 bits per heavy atom. The number of benzene rings is 3. The van der Waals surface area contributed by atoms with Crippen molar-refractivity contribution >= 4 is 69.9 Å². The van der Waals surface area contributed by atoms with Crippen LogP contribution in [-0.2, 0) is 14.3 Å². The number of hydrogen-bond acceptors (Lipinski definition) is 7. The second kappa shape index (κ2) is 11.0. The predicted octanol–water partition coefficient (Wildman–Crippen LogP) is 5.83.